The van der Waals surface area contributed by atoms with Gasteiger partial charge in [-0.25, -0.2) is 12.8 Å². The molecule has 2 heterocycles. The molecule has 38 heavy (non-hydrogen) atoms. The molecular weight excluding hydrogens is 537 g/mol. The van der Waals surface area contributed by atoms with Crippen LogP contribution in [0.5, 0.6) is 11.5 Å². The van der Waals surface area contributed by atoms with Crippen molar-refractivity contribution in [3.63, 3.8) is 0 Å². The van der Waals surface area contributed by atoms with E-state index in [1.165, 1.54) is 43.7 Å². The molecule has 0 spiro atoms. The Hall–Kier alpha value is -3.41. The topological polar surface area (TPSA) is 111 Å². The van der Waals surface area contributed by atoms with Crippen LogP contribution < -0.4 is 14.8 Å². The summed E-state index contributed by atoms with van der Waals surface area (Å²) in [5.74, 6) is -0.335. The lowest BCUT2D eigenvalue weighted by atomic mass is 9.97. The van der Waals surface area contributed by atoms with Gasteiger partial charge in [-0.05, 0) is 38.0 Å². The smallest absolute Gasteiger partial charge is 0.248 e. The molecule has 1 fully saturated rings. The second-order valence-corrected chi connectivity index (χ2v) is 11.0. The molecule has 1 aliphatic rings. The van der Waals surface area contributed by atoms with Crippen LogP contribution in [0.1, 0.15) is 29.9 Å². The van der Waals surface area contributed by atoms with Crippen LogP contribution in [0.2, 0.25) is 5.02 Å². The molecule has 12 heteroatoms. The van der Waals surface area contributed by atoms with Crippen molar-refractivity contribution in [2.24, 2.45) is 5.92 Å². The molecule has 1 saturated heterocycles. The Labute approximate surface area is 225 Å². The molecule has 9 nitrogen and oxygen atoms in total. The molecule has 1 amide bonds. The number of piperidine rings is 1. The second kappa shape index (κ2) is 11.5. The van der Waals surface area contributed by atoms with E-state index in [0.29, 0.717) is 30.0 Å². The zero-order valence-corrected chi connectivity index (χ0v) is 22.6. The normalized spacial score (nSPS) is 15.1. The van der Waals surface area contributed by atoms with Gasteiger partial charge in [-0.2, -0.15) is 4.31 Å². The van der Waals surface area contributed by atoms with Gasteiger partial charge in [-0.1, -0.05) is 35.0 Å². The van der Waals surface area contributed by atoms with Crippen LogP contribution in [-0.2, 0) is 14.8 Å². The first-order valence-electron chi connectivity index (χ1n) is 11.8. The van der Waals surface area contributed by atoms with Crippen molar-refractivity contribution in [1.82, 2.24) is 9.46 Å². The Balaban J connectivity index is 1.47. The van der Waals surface area contributed by atoms with E-state index in [9.17, 15) is 17.6 Å². The summed E-state index contributed by atoms with van der Waals surface area (Å²) in [5.41, 5.74) is 0.797. The predicted octanol–water partition coefficient (Wildman–Crippen LogP) is 5.00. The summed E-state index contributed by atoms with van der Waals surface area (Å²) in [5, 5.41) is 6.88. The van der Waals surface area contributed by atoms with Crippen LogP contribution in [0.3, 0.4) is 0 Å². The van der Waals surface area contributed by atoms with Gasteiger partial charge in [0.25, 0.3) is 0 Å². The van der Waals surface area contributed by atoms with E-state index in [-0.39, 0.29) is 45.9 Å². The Morgan fingerprint density at radius 3 is 2.55 bits per heavy atom. The monoisotopic (exact) mass is 563 g/mol. The largest absolute Gasteiger partial charge is 0.497 e. The van der Waals surface area contributed by atoms with Gasteiger partial charge in [-0.3, -0.25) is 4.79 Å². The number of aromatic nitrogens is 1. The third kappa shape index (κ3) is 5.69. The molecule has 0 atom stereocenters. The zero-order valence-electron chi connectivity index (χ0n) is 21.0. The quantitative estimate of drug-likeness (QED) is 0.410. The van der Waals surface area contributed by atoms with Crippen molar-refractivity contribution < 1.29 is 31.6 Å². The average Bonchev–Trinajstić information content (AvgIpc) is 3.30. The molecule has 0 unspecified atom stereocenters. The van der Waals surface area contributed by atoms with Crippen molar-refractivity contribution in [2.75, 3.05) is 32.6 Å². The fourth-order valence-electron chi connectivity index (χ4n) is 4.25. The maximum Gasteiger partial charge on any atom is 0.248 e. The molecule has 4 rings (SSSR count). The van der Waals surface area contributed by atoms with E-state index < -0.39 is 21.8 Å². The number of benzene rings is 2. The number of anilines is 1. The molecule has 202 valence electrons. The van der Waals surface area contributed by atoms with Crippen LogP contribution >= 0.6 is 11.6 Å². The van der Waals surface area contributed by atoms with E-state index in [2.05, 4.69) is 10.5 Å². The summed E-state index contributed by atoms with van der Waals surface area (Å²) >= 11 is 6.31. The number of aryl methyl sites for hydroxylation is 1. The number of rotatable bonds is 8. The lowest BCUT2D eigenvalue weighted by molar-refractivity contribution is -0.120. The van der Waals surface area contributed by atoms with Crippen LogP contribution in [0, 0.1) is 18.7 Å². The predicted molar refractivity (Wildman–Crippen MR) is 141 cm³/mol. The van der Waals surface area contributed by atoms with Gasteiger partial charge in [0.2, 0.25) is 15.9 Å². The summed E-state index contributed by atoms with van der Waals surface area (Å²) in [6.07, 6.45) is 3.42. The lowest BCUT2D eigenvalue weighted by Gasteiger charge is -2.30. The van der Waals surface area contributed by atoms with Crippen molar-refractivity contribution in [1.29, 1.82) is 0 Å². The summed E-state index contributed by atoms with van der Waals surface area (Å²) in [7, 11) is -1.03. The highest BCUT2D eigenvalue weighted by Crippen LogP contribution is 2.38. The minimum atomic E-state index is -3.98. The molecule has 1 aromatic heterocycles. The molecular formula is C26H27ClFN3O6S. The van der Waals surface area contributed by atoms with Gasteiger partial charge in [-0.15, -0.1) is 0 Å². The van der Waals surface area contributed by atoms with Gasteiger partial charge < -0.3 is 19.3 Å². The molecule has 0 radical (unpaired) electrons. The standard InChI is InChI=1S/C26H27ClFN3O6S/c1-16-25(22(37-30-16)9-8-17-6-4-5-7-21(17)28)38(33,34)31-12-10-18(11-13-31)26(32)29-24-20(27)14-19(35-2)15-23(24)36-3/h4-9,14-15,18H,10-13H2,1-3H3,(H,29,32)/b9-8+. The maximum absolute atomic E-state index is 14.0. The van der Waals surface area contributed by atoms with Gasteiger partial charge in [0.05, 0.1) is 19.2 Å². The summed E-state index contributed by atoms with van der Waals surface area (Å²) in [4.78, 5) is 12.9. The third-order valence-electron chi connectivity index (χ3n) is 6.31. The van der Waals surface area contributed by atoms with E-state index in [1.54, 1.807) is 30.3 Å². The maximum atomic E-state index is 14.0. The minimum Gasteiger partial charge on any atom is -0.497 e. The lowest BCUT2D eigenvalue weighted by Crippen LogP contribution is -2.41. The first kappa shape index (κ1) is 27.6. The van der Waals surface area contributed by atoms with Gasteiger partial charge >= 0.3 is 0 Å². The van der Waals surface area contributed by atoms with Crippen LogP contribution in [-0.4, -0.2) is 51.1 Å². The first-order valence-corrected chi connectivity index (χ1v) is 13.6. The fraction of sp³-hybridized carbons (Fsp3) is 0.308. The van der Waals surface area contributed by atoms with Gasteiger partial charge in [0.15, 0.2) is 10.7 Å². The van der Waals surface area contributed by atoms with Crippen molar-refractivity contribution >= 4 is 45.4 Å². The zero-order chi connectivity index (χ0) is 27.4. The molecule has 3 aromatic rings. The Morgan fingerprint density at radius 1 is 1.18 bits per heavy atom. The molecule has 0 bridgehead atoms. The summed E-state index contributed by atoms with van der Waals surface area (Å²) in [6, 6.07) is 9.28. The number of nitrogens with one attached hydrogen (secondary N) is 1. The van der Waals surface area contributed by atoms with E-state index >= 15 is 0 Å². The highest BCUT2D eigenvalue weighted by Gasteiger charge is 2.36. The molecule has 0 aliphatic carbocycles. The van der Waals surface area contributed by atoms with Crippen LogP contribution in [0.4, 0.5) is 10.1 Å². The van der Waals surface area contributed by atoms with Crippen molar-refractivity contribution in [3.05, 3.63) is 64.3 Å². The van der Waals surface area contributed by atoms with E-state index in [0.717, 1.165) is 0 Å². The van der Waals surface area contributed by atoms with Crippen LogP contribution in [0.15, 0.2) is 45.8 Å². The van der Waals surface area contributed by atoms with E-state index in [4.69, 9.17) is 25.6 Å². The first-order chi connectivity index (χ1) is 18.1. The Bertz CT molecular complexity index is 1470. The molecule has 2 aromatic carbocycles. The van der Waals surface area contributed by atoms with Crippen molar-refractivity contribution in [2.45, 2.75) is 24.7 Å². The number of hydrogen-bond acceptors (Lipinski definition) is 7. The summed E-state index contributed by atoms with van der Waals surface area (Å²) in [6.45, 7) is 1.77. The highest BCUT2D eigenvalue weighted by atomic mass is 35.5. The third-order valence-corrected chi connectivity index (χ3v) is 8.66. The number of methoxy groups -OCH3 is 2. The van der Waals surface area contributed by atoms with Gasteiger partial charge in [0, 0.05) is 36.7 Å². The van der Waals surface area contributed by atoms with Gasteiger partial charge in [0.1, 0.15) is 28.7 Å². The number of hydrogen-bond donors (Lipinski definition) is 1. The fourth-order valence-corrected chi connectivity index (χ4v) is 6.21. The SMILES string of the molecule is COc1cc(Cl)c(NC(=O)C2CCN(S(=O)(=O)c3c(C)noc3/C=C/c3ccccc3F)CC2)c(OC)c1. The van der Waals surface area contributed by atoms with E-state index in [1.807, 2.05) is 0 Å². The van der Waals surface area contributed by atoms with Crippen LogP contribution in [0.25, 0.3) is 12.2 Å². The minimum absolute atomic E-state index is 0.00635. The molecule has 0 saturated carbocycles. The number of halogens is 2. The number of carbonyl (C=O) groups is 1. The highest BCUT2D eigenvalue weighted by molar-refractivity contribution is 7.89. The number of amides is 1. The average molecular weight is 564 g/mol. The second-order valence-electron chi connectivity index (χ2n) is 8.67. The Morgan fingerprint density at radius 2 is 1.89 bits per heavy atom. The number of sulfonamides is 1. The summed E-state index contributed by atoms with van der Waals surface area (Å²) < 4.78 is 58.0. The molecule has 1 N–H and O–H groups in total. The molecule has 1 aliphatic heterocycles. The number of ether oxygens (including phenoxy) is 2. The number of carbonyl (C=O) groups excluding carboxylic acids is 1. The van der Waals surface area contributed by atoms with Crippen molar-refractivity contribution in [3.8, 4) is 11.5 Å². The number of nitrogens with zero attached hydrogens (tertiary/aromatic N) is 2. The Kier molecular flexibility index (Phi) is 8.39.